The Labute approximate surface area is 190 Å². The summed E-state index contributed by atoms with van der Waals surface area (Å²) < 4.78 is 0. The van der Waals surface area contributed by atoms with Crippen molar-refractivity contribution in [3.63, 3.8) is 0 Å². The molecule has 0 aromatic carbocycles. The van der Waals surface area contributed by atoms with E-state index in [1.165, 1.54) is 18.1 Å². The average molecular weight is 445 g/mol. The highest BCUT2D eigenvalue weighted by Gasteiger charge is 2.30. The van der Waals surface area contributed by atoms with Crippen molar-refractivity contribution in [2.24, 2.45) is 5.92 Å². The van der Waals surface area contributed by atoms with E-state index >= 15 is 0 Å². The third-order valence-electron chi connectivity index (χ3n) is 6.20. The van der Waals surface area contributed by atoms with Gasteiger partial charge < -0.3 is 20.6 Å². The highest BCUT2D eigenvalue weighted by Crippen LogP contribution is 2.33. The predicted molar refractivity (Wildman–Crippen MR) is 127 cm³/mol. The fourth-order valence-corrected chi connectivity index (χ4v) is 5.50. The van der Waals surface area contributed by atoms with Crippen molar-refractivity contribution >= 4 is 40.4 Å². The van der Waals surface area contributed by atoms with Crippen molar-refractivity contribution in [3.8, 4) is 6.07 Å². The summed E-state index contributed by atoms with van der Waals surface area (Å²) in [5.74, 6) is 2.47. The fourth-order valence-electron chi connectivity index (χ4n) is 4.47. The van der Waals surface area contributed by atoms with Crippen LogP contribution in [0.5, 0.6) is 0 Å². The molecule has 0 saturated carbocycles. The Kier molecular flexibility index (Phi) is 5.77. The van der Waals surface area contributed by atoms with Gasteiger partial charge in [0, 0.05) is 54.5 Å². The lowest BCUT2D eigenvalue weighted by Gasteiger charge is -2.23. The quantitative estimate of drug-likeness (QED) is 0.478. The minimum absolute atomic E-state index is 0.00712. The van der Waals surface area contributed by atoms with Crippen LogP contribution < -0.4 is 10.2 Å². The number of nitrogens with zero attached hydrogens (tertiary/aromatic N) is 5. The van der Waals surface area contributed by atoms with Crippen LogP contribution in [0.25, 0.3) is 16.6 Å². The van der Waals surface area contributed by atoms with Gasteiger partial charge in [-0.2, -0.15) is 5.26 Å². The molecule has 0 bridgehead atoms. The van der Waals surface area contributed by atoms with Crippen LogP contribution in [0.3, 0.4) is 0 Å². The SMILES string of the molecule is N#CCC(N/C=C(\C=N)c1ncnc2[nH]ccc12)C1CCN(c2ccc3c(n2)SCC3)C1. The molecule has 1 fully saturated rings. The highest BCUT2D eigenvalue weighted by atomic mass is 32.2. The van der Waals surface area contributed by atoms with Crippen LogP contribution in [0.1, 0.15) is 24.1 Å². The third-order valence-corrected chi connectivity index (χ3v) is 7.23. The summed E-state index contributed by atoms with van der Waals surface area (Å²) >= 11 is 1.83. The lowest BCUT2D eigenvalue weighted by molar-refractivity contribution is 0.418. The summed E-state index contributed by atoms with van der Waals surface area (Å²) in [5, 5.41) is 22.8. The number of anilines is 1. The van der Waals surface area contributed by atoms with Gasteiger partial charge in [0.1, 0.15) is 22.8 Å². The van der Waals surface area contributed by atoms with E-state index in [-0.39, 0.29) is 6.04 Å². The van der Waals surface area contributed by atoms with Gasteiger partial charge in [0.15, 0.2) is 0 Å². The van der Waals surface area contributed by atoms with Crippen LogP contribution in [0.4, 0.5) is 5.82 Å². The zero-order valence-electron chi connectivity index (χ0n) is 17.6. The number of thioether (sulfide) groups is 1. The zero-order chi connectivity index (χ0) is 21.9. The van der Waals surface area contributed by atoms with Gasteiger partial charge in [-0.05, 0) is 36.5 Å². The third kappa shape index (κ3) is 3.94. The zero-order valence-corrected chi connectivity index (χ0v) is 18.4. The summed E-state index contributed by atoms with van der Waals surface area (Å²) in [6.07, 6.45) is 8.91. The molecular weight excluding hydrogens is 420 g/mol. The smallest absolute Gasteiger partial charge is 0.141 e. The molecule has 2 unspecified atom stereocenters. The number of pyridine rings is 1. The standard InChI is InChI=1S/C23H24N8S/c24-7-3-19(27-12-17(11-25)21-18-4-8-26-22(18)29-14-28-21)16-5-9-31(13-16)20-2-1-15-6-10-32-23(15)30-20/h1-2,4,8,11-12,14,16,19,25,27H,3,5-6,9-10,13H2,(H,26,28,29)/b17-12+,25-11?. The van der Waals surface area contributed by atoms with E-state index in [1.54, 1.807) is 0 Å². The number of aryl methyl sites for hydroxylation is 1. The summed E-state index contributed by atoms with van der Waals surface area (Å²) in [7, 11) is 0. The molecule has 0 radical (unpaired) electrons. The normalized spacial score (nSPS) is 19.0. The number of aromatic amines is 1. The molecule has 2 aliphatic rings. The van der Waals surface area contributed by atoms with E-state index < -0.39 is 0 Å². The Morgan fingerprint density at radius 2 is 2.34 bits per heavy atom. The minimum Gasteiger partial charge on any atom is -0.386 e. The minimum atomic E-state index is -0.00712. The van der Waals surface area contributed by atoms with Gasteiger partial charge in [-0.25, -0.2) is 15.0 Å². The molecule has 3 aromatic rings. The number of hydrogen-bond donors (Lipinski definition) is 3. The highest BCUT2D eigenvalue weighted by molar-refractivity contribution is 7.99. The van der Waals surface area contributed by atoms with Gasteiger partial charge in [-0.15, -0.1) is 11.8 Å². The molecule has 3 aromatic heterocycles. The van der Waals surface area contributed by atoms with Gasteiger partial charge in [-0.1, -0.05) is 6.07 Å². The average Bonchev–Trinajstić information content (AvgIpc) is 3.58. The molecule has 9 heteroatoms. The molecule has 2 atom stereocenters. The maximum atomic E-state index is 9.43. The second-order valence-electron chi connectivity index (χ2n) is 8.07. The van der Waals surface area contributed by atoms with Crippen LogP contribution in [0.2, 0.25) is 0 Å². The molecule has 162 valence electrons. The fraction of sp³-hybridized carbons (Fsp3) is 0.348. The largest absolute Gasteiger partial charge is 0.386 e. The van der Waals surface area contributed by atoms with Crippen LogP contribution in [-0.2, 0) is 6.42 Å². The van der Waals surface area contributed by atoms with Crippen LogP contribution in [-0.4, -0.2) is 51.0 Å². The maximum absolute atomic E-state index is 9.43. The molecule has 0 amide bonds. The van der Waals surface area contributed by atoms with Crippen molar-refractivity contribution in [2.75, 3.05) is 23.7 Å². The molecule has 3 N–H and O–H groups in total. The van der Waals surface area contributed by atoms with Gasteiger partial charge >= 0.3 is 0 Å². The van der Waals surface area contributed by atoms with Gasteiger partial charge in [0.05, 0.1) is 18.2 Å². The maximum Gasteiger partial charge on any atom is 0.141 e. The molecule has 2 aliphatic heterocycles. The first-order valence-electron chi connectivity index (χ1n) is 10.8. The molecule has 8 nitrogen and oxygen atoms in total. The van der Waals surface area contributed by atoms with Crippen molar-refractivity contribution in [1.82, 2.24) is 25.3 Å². The lowest BCUT2D eigenvalue weighted by atomic mass is 9.96. The summed E-state index contributed by atoms with van der Waals surface area (Å²) in [5.41, 5.74) is 3.45. The molecule has 5 rings (SSSR count). The van der Waals surface area contributed by atoms with E-state index in [0.29, 0.717) is 23.6 Å². The first-order chi connectivity index (χ1) is 15.8. The van der Waals surface area contributed by atoms with E-state index in [4.69, 9.17) is 10.4 Å². The number of hydrogen-bond acceptors (Lipinski definition) is 8. The number of allylic oxidation sites excluding steroid dienone is 1. The van der Waals surface area contributed by atoms with Crippen molar-refractivity contribution in [2.45, 2.75) is 30.3 Å². The molecule has 32 heavy (non-hydrogen) atoms. The van der Waals surface area contributed by atoms with Gasteiger partial charge in [-0.3, -0.25) is 0 Å². The lowest BCUT2D eigenvalue weighted by Crippen LogP contribution is -2.35. The number of fused-ring (bicyclic) bond motifs is 2. The number of H-pyrrole nitrogens is 1. The van der Waals surface area contributed by atoms with Crippen LogP contribution in [0.15, 0.2) is 41.9 Å². The Balaban J connectivity index is 1.32. The second-order valence-corrected chi connectivity index (χ2v) is 9.15. The van der Waals surface area contributed by atoms with Crippen molar-refractivity contribution in [1.29, 1.82) is 10.7 Å². The first kappa shape index (κ1) is 20.5. The Hall–Kier alpha value is -3.38. The first-order valence-corrected chi connectivity index (χ1v) is 11.7. The van der Waals surface area contributed by atoms with E-state index in [9.17, 15) is 5.26 Å². The van der Waals surface area contributed by atoms with E-state index in [2.05, 4.69) is 43.4 Å². The molecule has 0 aliphatic carbocycles. The van der Waals surface area contributed by atoms with E-state index in [0.717, 1.165) is 53.6 Å². The summed E-state index contributed by atoms with van der Waals surface area (Å²) in [4.78, 5) is 18.9. The molecule has 0 spiro atoms. The summed E-state index contributed by atoms with van der Waals surface area (Å²) in [6.45, 7) is 1.79. The molecule has 1 saturated heterocycles. The predicted octanol–water partition coefficient (Wildman–Crippen LogP) is 3.39. The Morgan fingerprint density at radius 3 is 3.22 bits per heavy atom. The number of nitriles is 1. The topological polar surface area (TPSA) is 117 Å². The van der Waals surface area contributed by atoms with Gasteiger partial charge in [0.25, 0.3) is 0 Å². The van der Waals surface area contributed by atoms with E-state index in [1.807, 2.05) is 30.2 Å². The van der Waals surface area contributed by atoms with Crippen LogP contribution in [0, 0.1) is 22.7 Å². The van der Waals surface area contributed by atoms with Crippen molar-refractivity contribution in [3.05, 3.63) is 48.2 Å². The summed E-state index contributed by atoms with van der Waals surface area (Å²) in [6, 6.07) is 8.56. The second kappa shape index (κ2) is 9.01. The number of rotatable bonds is 7. The Morgan fingerprint density at radius 1 is 1.41 bits per heavy atom. The Bertz CT molecular complexity index is 1210. The number of nitrogens with one attached hydrogen (secondary N) is 3. The van der Waals surface area contributed by atoms with Crippen molar-refractivity contribution < 1.29 is 0 Å². The van der Waals surface area contributed by atoms with Gasteiger partial charge in [0.2, 0.25) is 0 Å². The molecular formula is C23H24N8S. The molecule has 5 heterocycles. The monoisotopic (exact) mass is 444 g/mol. The number of aromatic nitrogens is 4. The van der Waals surface area contributed by atoms with Crippen LogP contribution >= 0.6 is 11.8 Å².